The predicted octanol–water partition coefficient (Wildman–Crippen LogP) is 2.21. The van der Waals surface area contributed by atoms with Gasteiger partial charge < -0.3 is 14.7 Å². The molecule has 0 amide bonds. The molecule has 1 aliphatic rings. The van der Waals surface area contributed by atoms with Crippen molar-refractivity contribution in [1.29, 1.82) is 0 Å². The molecule has 0 saturated carbocycles. The highest BCUT2D eigenvalue weighted by atomic mass is 32.2. The maximum Gasteiger partial charge on any atom is 0.142 e. The Balaban J connectivity index is 2.20. The normalized spacial score (nSPS) is 14.6. The van der Waals surface area contributed by atoms with E-state index in [1.165, 1.54) is 0 Å². The molecule has 0 radical (unpaired) electrons. The first-order valence-corrected chi connectivity index (χ1v) is 5.64. The summed E-state index contributed by atoms with van der Waals surface area (Å²) >= 11 is 0.329. The first-order valence-electron chi connectivity index (χ1n) is 4.75. The molecule has 1 aliphatic heterocycles. The lowest BCUT2D eigenvalue weighted by atomic mass is 10.2. The summed E-state index contributed by atoms with van der Waals surface area (Å²) in [5.41, 5.74) is 0.843. The number of hydrogen-bond acceptors (Lipinski definition) is 4. The molecule has 1 heterocycles. The maximum atomic E-state index is 12.0. The van der Waals surface area contributed by atoms with Gasteiger partial charge in [0.05, 0.1) is 12.2 Å². The van der Waals surface area contributed by atoms with Crippen molar-refractivity contribution in [3.05, 3.63) is 18.2 Å². The Kier molecular flexibility index (Phi) is 3.20. The lowest BCUT2D eigenvalue weighted by molar-refractivity contribution is 0.308. The van der Waals surface area contributed by atoms with E-state index in [1.54, 1.807) is 18.2 Å². The van der Waals surface area contributed by atoms with Crippen molar-refractivity contribution in [3.63, 3.8) is 0 Å². The Morgan fingerprint density at radius 1 is 1.53 bits per heavy atom. The number of halogens is 1. The summed E-state index contributed by atoms with van der Waals surface area (Å²) in [6.45, 7) is 1.97. The third-order valence-corrected chi connectivity index (χ3v) is 2.68. The largest absolute Gasteiger partial charge is 0.508 e. The van der Waals surface area contributed by atoms with Crippen LogP contribution < -0.4 is 9.64 Å². The fourth-order valence-electron chi connectivity index (χ4n) is 1.64. The molecule has 1 aromatic rings. The monoisotopic (exact) mass is 229 g/mol. The number of rotatable bonds is 3. The van der Waals surface area contributed by atoms with Crippen LogP contribution in [0.1, 0.15) is 0 Å². The molecule has 0 bridgehead atoms. The molecule has 0 unspecified atom stereocenters. The molecule has 0 aliphatic carbocycles. The summed E-state index contributed by atoms with van der Waals surface area (Å²) in [6, 6.07) is 4.98. The van der Waals surface area contributed by atoms with Crippen LogP contribution in [0.4, 0.5) is 9.57 Å². The Morgan fingerprint density at radius 3 is 3.20 bits per heavy atom. The molecule has 1 N–H and O–H groups in total. The molecule has 0 aromatic heterocycles. The molecule has 5 heteroatoms. The van der Waals surface area contributed by atoms with Gasteiger partial charge in [0.1, 0.15) is 18.1 Å². The smallest absolute Gasteiger partial charge is 0.142 e. The van der Waals surface area contributed by atoms with Gasteiger partial charge in [-0.05, 0) is 12.1 Å². The van der Waals surface area contributed by atoms with E-state index < -0.39 is 0 Å². The summed E-state index contributed by atoms with van der Waals surface area (Å²) in [5.74, 6) is 1.38. The van der Waals surface area contributed by atoms with Crippen LogP contribution in [-0.2, 0) is 0 Å². The van der Waals surface area contributed by atoms with Crippen LogP contribution in [0.15, 0.2) is 18.2 Å². The number of hydrogen-bond donors (Lipinski definition) is 1. The fourth-order valence-corrected chi connectivity index (χ4v) is 1.93. The second kappa shape index (κ2) is 4.61. The van der Waals surface area contributed by atoms with Crippen LogP contribution in [0, 0.1) is 0 Å². The molecule has 82 valence electrons. The van der Waals surface area contributed by atoms with Crippen molar-refractivity contribution in [3.8, 4) is 11.5 Å². The second-order valence-electron chi connectivity index (χ2n) is 3.30. The minimum atomic E-state index is 0.206. The van der Waals surface area contributed by atoms with Gasteiger partial charge in [-0.1, -0.05) is 0 Å². The fraction of sp³-hybridized carbons (Fsp3) is 0.400. The van der Waals surface area contributed by atoms with Gasteiger partial charge in [0.25, 0.3) is 0 Å². The van der Waals surface area contributed by atoms with Crippen LogP contribution in [0.2, 0.25) is 0 Å². The maximum absolute atomic E-state index is 12.0. The highest BCUT2D eigenvalue weighted by Crippen LogP contribution is 2.34. The third-order valence-electron chi connectivity index (χ3n) is 2.34. The number of nitrogens with zero attached hydrogens (tertiary/aromatic N) is 1. The first-order chi connectivity index (χ1) is 7.31. The minimum Gasteiger partial charge on any atom is -0.508 e. The van der Waals surface area contributed by atoms with Crippen molar-refractivity contribution in [2.45, 2.75) is 0 Å². The zero-order valence-corrected chi connectivity index (χ0v) is 8.97. The molecule has 3 nitrogen and oxygen atoms in total. The van der Waals surface area contributed by atoms with E-state index in [4.69, 9.17) is 4.74 Å². The Hall–Kier alpha value is -1.10. The van der Waals surface area contributed by atoms with Crippen LogP contribution in [0.5, 0.6) is 11.5 Å². The van der Waals surface area contributed by atoms with E-state index in [0.717, 1.165) is 18.0 Å². The predicted molar refractivity (Wildman–Crippen MR) is 59.4 cm³/mol. The number of fused-ring (bicyclic) bond motifs is 1. The van der Waals surface area contributed by atoms with E-state index in [1.807, 2.05) is 4.90 Å². The molecule has 1 aromatic carbocycles. The highest BCUT2D eigenvalue weighted by Gasteiger charge is 2.17. The van der Waals surface area contributed by atoms with Crippen LogP contribution >= 0.6 is 12.1 Å². The van der Waals surface area contributed by atoms with Gasteiger partial charge in [-0.3, -0.25) is 0 Å². The van der Waals surface area contributed by atoms with E-state index in [9.17, 15) is 8.99 Å². The van der Waals surface area contributed by atoms with Crippen molar-refractivity contribution in [2.75, 3.05) is 30.3 Å². The molecular formula is C10H12FNO2S. The van der Waals surface area contributed by atoms with Gasteiger partial charge >= 0.3 is 0 Å². The first kappa shape index (κ1) is 10.4. The number of phenols is 1. The summed E-state index contributed by atoms with van der Waals surface area (Å²) in [5, 5.41) is 9.37. The molecule has 0 atom stereocenters. The third kappa shape index (κ3) is 2.28. The van der Waals surface area contributed by atoms with Gasteiger partial charge in [-0.15, -0.1) is 0 Å². The Morgan fingerprint density at radius 2 is 2.40 bits per heavy atom. The topological polar surface area (TPSA) is 32.7 Å². The number of aromatic hydroxyl groups is 1. The average Bonchev–Trinajstić information content (AvgIpc) is 2.26. The SMILES string of the molecule is Oc1ccc2c(c1)N(CCSF)CCO2. The molecular weight excluding hydrogens is 217 g/mol. The van der Waals surface area contributed by atoms with Crippen LogP contribution in [-0.4, -0.2) is 30.6 Å². The molecule has 0 spiro atoms. The minimum absolute atomic E-state index is 0.206. The summed E-state index contributed by atoms with van der Waals surface area (Å²) in [7, 11) is 0. The van der Waals surface area contributed by atoms with Crippen molar-refractivity contribution < 1.29 is 13.7 Å². The molecule has 0 fully saturated rings. The molecule has 0 saturated heterocycles. The zero-order chi connectivity index (χ0) is 10.7. The van der Waals surface area contributed by atoms with E-state index in [-0.39, 0.29) is 5.75 Å². The van der Waals surface area contributed by atoms with Crippen LogP contribution in [0.3, 0.4) is 0 Å². The van der Waals surface area contributed by atoms with Crippen molar-refractivity contribution >= 4 is 17.8 Å². The average molecular weight is 229 g/mol. The number of benzene rings is 1. The number of ether oxygens (including phenoxy) is 1. The van der Waals surface area contributed by atoms with Gasteiger partial charge in [0.2, 0.25) is 0 Å². The molecule has 2 rings (SSSR count). The summed E-state index contributed by atoms with van der Waals surface area (Å²) < 4.78 is 17.4. The Bertz CT molecular complexity index is 348. The highest BCUT2D eigenvalue weighted by molar-refractivity contribution is 7.94. The zero-order valence-electron chi connectivity index (χ0n) is 8.15. The quantitative estimate of drug-likeness (QED) is 0.861. The lowest BCUT2D eigenvalue weighted by Crippen LogP contribution is -2.34. The van der Waals surface area contributed by atoms with Crippen LogP contribution in [0.25, 0.3) is 0 Å². The van der Waals surface area contributed by atoms with E-state index in [0.29, 0.717) is 31.1 Å². The number of phenolic OH excluding ortho intramolecular Hbond substituents is 1. The van der Waals surface area contributed by atoms with Gasteiger partial charge in [0, 0.05) is 30.5 Å². The van der Waals surface area contributed by atoms with Gasteiger partial charge in [-0.25, -0.2) is 0 Å². The van der Waals surface area contributed by atoms with Gasteiger partial charge in [-0.2, -0.15) is 3.89 Å². The molecule has 15 heavy (non-hydrogen) atoms. The van der Waals surface area contributed by atoms with Gasteiger partial charge in [0.15, 0.2) is 0 Å². The lowest BCUT2D eigenvalue weighted by Gasteiger charge is -2.30. The van der Waals surface area contributed by atoms with E-state index in [2.05, 4.69) is 0 Å². The summed E-state index contributed by atoms with van der Waals surface area (Å²) in [4.78, 5) is 2.02. The Labute approximate surface area is 92.1 Å². The van der Waals surface area contributed by atoms with Crippen molar-refractivity contribution in [1.82, 2.24) is 0 Å². The standard InChI is InChI=1S/C10H12FNO2S/c11-15-6-4-12-3-5-14-10-2-1-8(13)7-9(10)12/h1-2,7,13H,3-6H2. The second-order valence-corrected chi connectivity index (χ2v) is 3.93. The number of anilines is 1. The summed E-state index contributed by atoms with van der Waals surface area (Å²) in [6.07, 6.45) is 0. The van der Waals surface area contributed by atoms with E-state index >= 15 is 0 Å². The van der Waals surface area contributed by atoms with Crippen molar-refractivity contribution in [2.24, 2.45) is 0 Å².